The van der Waals surface area contributed by atoms with Gasteiger partial charge in [-0.3, -0.25) is 5.43 Å². The van der Waals surface area contributed by atoms with E-state index in [0.717, 1.165) is 16.3 Å². The molecule has 0 unspecified atom stereocenters. The number of rotatable bonds is 3. The molecule has 0 saturated heterocycles. The van der Waals surface area contributed by atoms with E-state index in [1.165, 1.54) is 0 Å². The van der Waals surface area contributed by atoms with E-state index in [1.807, 2.05) is 36.4 Å². The van der Waals surface area contributed by atoms with Crippen LogP contribution in [0.3, 0.4) is 0 Å². The molecular formula is C16H11N5. The molecule has 0 aliphatic heterocycles. The van der Waals surface area contributed by atoms with Gasteiger partial charge in [0.15, 0.2) is 5.82 Å². The van der Waals surface area contributed by atoms with Crippen LogP contribution in [0.25, 0.3) is 10.8 Å². The van der Waals surface area contributed by atoms with Crippen molar-refractivity contribution in [2.45, 2.75) is 0 Å². The highest BCUT2D eigenvalue weighted by Gasteiger charge is 2.00. The summed E-state index contributed by atoms with van der Waals surface area (Å²) in [5.74, 6) is 0.609. The molecule has 1 aromatic heterocycles. The van der Waals surface area contributed by atoms with Gasteiger partial charge in [0, 0.05) is 10.8 Å². The van der Waals surface area contributed by atoms with Gasteiger partial charge in [-0.15, -0.1) is 5.10 Å². The molecule has 0 fully saturated rings. The van der Waals surface area contributed by atoms with Gasteiger partial charge in [0.2, 0.25) is 0 Å². The van der Waals surface area contributed by atoms with Crippen LogP contribution in [0.2, 0.25) is 0 Å². The number of hydrazone groups is 1. The Kier molecular flexibility index (Phi) is 3.52. The van der Waals surface area contributed by atoms with E-state index in [0.29, 0.717) is 11.4 Å². The lowest BCUT2D eigenvalue weighted by atomic mass is 10.2. The molecule has 2 aromatic carbocycles. The molecule has 0 atom stereocenters. The molecule has 0 amide bonds. The van der Waals surface area contributed by atoms with Crippen molar-refractivity contribution in [3.8, 4) is 6.07 Å². The third kappa shape index (κ3) is 2.85. The van der Waals surface area contributed by atoms with Crippen LogP contribution in [0.15, 0.2) is 59.8 Å². The van der Waals surface area contributed by atoms with E-state index in [1.54, 1.807) is 24.5 Å². The van der Waals surface area contributed by atoms with Crippen molar-refractivity contribution in [2.24, 2.45) is 5.10 Å². The number of anilines is 1. The second kappa shape index (κ2) is 5.80. The zero-order valence-electron chi connectivity index (χ0n) is 11.1. The summed E-state index contributed by atoms with van der Waals surface area (Å²) in [6, 6.07) is 17.1. The maximum absolute atomic E-state index is 8.74. The number of hydrogen-bond acceptors (Lipinski definition) is 5. The normalized spacial score (nSPS) is 10.6. The number of fused-ring (bicyclic) bond motifs is 1. The highest BCUT2D eigenvalue weighted by Crippen LogP contribution is 2.18. The minimum Gasteiger partial charge on any atom is -0.259 e. The monoisotopic (exact) mass is 273 g/mol. The largest absolute Gasteiger partial charge is 0.259 e. The molecular weight excluding hydrogens is 262 g/mol. The first-order valence-corrected chi connectivity index (χ1v) is 6.36. The Balaban J connectivity index is 1.79. The standard InChI is InChI=1S/C16H11N5/c17-9-12-5-7-13(8-6-12)10-18-20-16-15-4-2-1-3-14(15)11-19-21-16/h1-8,10-11H,(H,20,21)/b18-10+. The SMILES string of the molecule is N#Cc1ccc(/C=N/Nc2nncc3ccccc23)cc1. The van der Waals surface area contributed by atoms with Crippen LogP contribution in [-0.4, -0.2) is 16.4 Å². The summed E-state index contributed by atoms with van der Waals surface area (Å²) in [6.45, 7) is 0. The Morgan fingerprint density at radius 3 is 2.71 bits per heavy atom. The minimum atomic E-state index is 0.609. The third-order valence-corrected chi connectivity index (χ3v) is 2.99. The van der Waals surface area contributed by atoms with Gasteiger partial charge in [0.05, 0.1) is 24.0 Å². The van der Waals surface area contributed by atoms with Gasteiger partial charge >= 0.3 is 0 Å². The fourth-order valence-corrected chi connectivity index (χ4v) is 1.92. The summed E-state index contributed by atoms with van der Waals surface area (Å²) < 4.78 is 0. The van der Waals surface area contributed by atoms with Crippen LogP contribution in [-0.2, 0) is 0 Å². The first-order valence-electron chi connectivity index (χ1n) is 6.36. The van der Waals surface area contributed by atoms with Crippen LogP contribution in [0.5, 0.6) is 0 Å². The molecule has 0 aliphatic carbocycles. The molecule has 1 N–H and O–H groups in total. The summed E-state index contributed by atoms with van der Waals surface area (Å²) in [5.41, 5.74) is 4.42. The van der Waals surface area contributed by atoms with Crippen molar-refractivity contribution in [3.63, 3.8) is 0 Å². The van der Waals surface area contributed by atoms with Gasteiger partial charge < -0.3 is 0 Å². The maximum atomic E-state index is 8.74. The number of nitriles is 1. The number of aromatic nitrogens is 2. The first kappa shape index (κ1) is 12.8. The molecule has 1 heterocycles. The van der Waals surface area contributed by atoms with E-state index in [2.05, 4.69) is 26.8 Å². The zero-order valence-corrected chi connectivity index (χ0v) is 11.1. The molecule has 3 rings (SSSR count). The Morgan fingerprint density at radius 1 is 1.10 bits per heavy atom. The maximum Gasteiger partial charge on any atom is 0.176 e. The van der Waals surface area contributed by atoms with Gasteiger partial charge in [-0.25, -0.2) is 0 Å². The van der Waals surface area contributed by atoms with E-state index in [4.69, 9.17) is 5.26 Å². The minimum absolute atomic E-state index is 0.609. The quantitative estimate of drug-likeness (QED) is 0.588. The predicted octanol–water partition coefficient (Wildman–Crippen LogP) is 2.95. The van der Waals surface area contributed by atoms with Crippen molar-refractivity contribution in [2.75, 3.05) is 5.43 Å². The Hall–Kier alpha value is -3.26. The molecule has 0 saturated carbocycles. The summed E-state index contributed by atoms with van der Waals surface area (Å²) in [7, 11) is 0. The first-order chi connectivity index (χ1) is 10.4. The second-order valence-electron chi connectivity index (χ2n) is 4.38. The van der Waals surface area contributed by atoms with Gasteiger partial charge in [0.25, 0.3) is 0 Å². The van der Waals surface area contributed by atoms with Crippen molar-refractivity contribution >= 4 is 22.8 Å². The van der Waals surface area contributed by atoms with Gasteiger partial charge in [-0.1, -0.05) is 36.4 Å². The number of benzene rings is 2. The average molecular weight is 273 g/mol. The molecule has 21 heavy (non-hydrogen) atoms. The fraction of sp³-hybridized carbons (Fsp3) is 0. The van der Waals surface area contributed by atoms with E-state index < -0.39 is 0 Å². The Morgan fingerprint density at radius 2 is 1.90 bits per heavy atom. The van der Waals surface area contributed by atoms with E-state index in [-0.39, 0.29) is 0 Å². The van der Waals surface area contributed by atoms with Crippen molar-refractivity contribution < 1.29 is 0 Å². The van der Waals surface area contributed by atoms with Crippen molar-refractivity contribution in [1.29, 1.82) is 5.26 Å². The Labute approximate surface area is 121 Å². The van der Waals surface area contributed by atoms with E-state index in [9.17, 15) is 0 Å². The summed E-state index contributed by atoms with van der Waals surface area (Å²) in [5, 5.41) is 22.9. The zero-order chi connectivity index (χ0) is 14.5. The van der Waals surface area contributed by atoms with Crippen LogP contribution in [0, 0.1) is 11.3 Å². The molecule has 5 heteroatoms. The lowest BCUT2D eigenvalue weighted by molar-refractivity contribution is 1.04. The summed E-state index contributed by atoms with van der Waals surface area (Å²) in [6.07, 6.45) is 3.38. The number of nitrogens with one attached hydrogen (secondary N) is 1. The van der Waals surface area contributed by atoms with E-state index >= 15 is 0 Å². The van der Waals surface area contributed by atoms with Crippen LogP contribution < -0.4 is 5.43 Å². The highest BCUT2D eigenvalue weighted by atomic mass is 15.3. The van der Waals surface area contributed by atoms with Crippen LogP contribution in [0.4, 0.5) is 5.82 Å². The third-order valence-electron chi connectivity index (χ3n) is 2.99. The van der Waals surface area contributed by atoms with Crippen LogP contribution >= 0.6 is 0 Å². The smallest absolute Gasteiger partial charge is 0.176 e. The van der Waals surface area contributed by atoms with Gasteiger partial charge in [-0.05, 0) is 17.7 Å². The molecule has 0 aliphatic rings. The van der Waals surface area contributed by atoms with Crippen LogP contribution in [0.1, 0.15) is 11.1 Å². The number of nitrogens with zero attached hydrogens (tertiary/aromatic N) is 4. The van der Waals surface area contributed by atoms with Crippen molar-refractivity contribution in [1.82, 2.24) is 10.2 Å². The van der Waals surface area contributed by atoms with Gasteiger partial charge in [-0.2, -0.15) is 15.5 Å². The average Bonchev–Trinajstić information content (AvgIpc) is 2.56. The Bertz CT molecular complexity index is 826. The molecule has 0 spiro atoms. The second-order valence-corrected chi connectivity index (χ2v) is 4.38. The summed E-state index contributed by atoms with van der Waals surface area (Å²) >= 11 is 0. The molecule has 0 bridgehead atoms. The number of hydrogen-bond donors (Lipinski definition) is 1. The lowest BCUT2D eigenvalue weighted by Gasteiger charge is -2.02. The fourth-order valence-electron chi connectivity index (χ4n) is 1.92. The highest BCUT2D eigenvalue weighted by molar-refractivity contribution is 5.91. The lowest BCUT2D eigenvalue weighted by Crippen LogP contribution is -1.96. The molecule has 3 aromatic rings. The van der Waals surface area contributed by atoms with Crippen molar-refractivity contribution in [3.05, 3.63) is 65.9 Å². The topological polar surface area (TPSA) is 74.0 Å². The van der Waals surface area contributed by atoms with Gasteiger partial charge in [0.1, 0.15) is 0 Å². The molecule has 100 valence electrons. The molecule has 0 radical (unpaired) electrons. The summed E-state index contributed by atoms with van der Waals surface area (Å²) in [4.78, 5) is 0. The molecule has 5 nitrogen and oxygen atoms in total. The predicted molar refractivity (Wildman–Crippen MR) is 81.9 cm³/mol.